The fourth-order valence-electron chi connectivity index (χ4n) is 0.115. The molecule has 0 heterocycles. The van der Waals surface area contributed by atoms with E-state index in [1.165, 1.54) is 0 Å². The van der Waals surface area contributed by atoms with E-state index in [1.54, 1.807) is 0 Å². The number of aliphatic hydroxyl groups is 3. The van der Waals surface area contributed by atoms with Crippen molar-refractivity contribution in [3.05, 3.63) is 0 Å². The molecule has 0 unspecified atom stereocenters. The van der Waals surface area contributed by atoms with Gasteiger partial charge in [-0.15, -0.1) is 0 Å². The summed E-state index contributed by atoms with van der Waals surface area (Å²) in [5.41, 5.74) is 0. The molecule has 3 nitrogen and oxygen atoms in total. The Morgan fingerprint density at radius 2 is 1.83 bits per heavy atom. The Morgan fingerprint density at radius 1 is 1.33 bits per heavy atom. The van der Waals surface area contributed by atoms with Crippen molar-refractivity contribution in [1.29, 1.82) is 0 Å². The standard InChI is InChI=1S/C3H8O3/c4-2-1-3(5)6/h3-6H,1-2H2. The van der Waals surface area contributed by atoms with Gasteiger partial charge in [0.25, 0.3) is 0 Å². The minimum Gasteiger partial charge on any atom is -0.396 e. The third-order valence-corrected chi connectivity index (χ3v) is 0.387. The second-order valence-corrected chi connectivity index (χ2v) is 0.993. The van der Waals surface area contributed by atoms with Crippen LogP contribution in [-0.4, -0.2) is 28.2 Å². The summed E-state index contributed by atoms with van der Waals surface area (Å²) < 4.78 is 0. The van der Waals surface area contributed by atoms with E-state index in [-0.39, 0.29) is 13.0 Å². The van der Waals surface area contributed by atoms with Crippen molar-refractivity contribution in [2.24, 2.45) is 0 Å². The molecule has 6 heavy (non-hydrogen) atoms. The molecule has 0 aliphatic rings. The topological polar surface area (TPSA) is 60.7 Å². The van der Waals surface area contributed by atoms with Crippen LogP contribution in [0.5, 0.6) is 0 Å². The maximum atomic E-state index is 7.95. The molecule has 0 bridgehead atoms. The zero-order chi connectivity index (χ0) is 4.99. The fourth-order valence-corrected chi connectivity index (χ4v) is 0.115. The molecule has 0 radical (unpaired) electrons. The molecule has 0 aromatic carbocycles. The van der Waals surface area contributed by atoms with Crippen LogP contribution < -0.4 is 0 Å². The van der Waals surface area contributed by atoms with Gasteiger partial charge in [0.1, 0.15) is 0 Å². The molecule has 0 amide bonds. The summed E-state index contributed by atoms with van der Waals surface area (Å²) in [4.78, 5) is 0. The Hall–Kier alpha value is -0.120. The molecular weight excluding hydrogens is 84.0 g/mol. The van der Waals surface area contributed by atoms with Gasteiger partial charge in [0.05, 0.1) is 0 Å². The highest BCUT2D eigenvalue weighted by atomic mass is 16.5. The molecule has 3 heteroatoms. The largest absolute Gasteiger partial charge is 0.396 e. The maximum Gasteiger partial charge on any atom is 0.153 e. The third-order valence-electron chi connectivity index (χ3n) is 0.387. The van der Waals surface area contributed by atoms with Crippen LogP contribution in [-0.2, 0) is 0 Å². The molecule has 0 aliphatic carbocycles. The number of rotatable bonds is 2. The van der Waals surface area contributed by atoms with Gasteiger partial charge in [-0.05, 0) is 0 Å². The van der Waals surface area contributed by atoms with Gasteiger partial charge in [-0.3, -0.25) is 0 Å². The first-order valence-corrected chi connectivity index (χ1v) is 1.74. The Morgan fingerprint density at radius 3 is 1.83 bits per heavy atom. The van der Waals surface area contributed by atoms with Crippen molar-refractivity contribution in [3.63, 3.8) is 0 Å². The SMILES string of the molecule is OCCC(O)O. The summed E-state index contributed by atoms with van der Waals surface area (Å²) in [5, 5.41) is 23.8. The Kier molecular flexibility index (Phi) is 3.02. The number of hydrogen-bond acceptors (Lipinski definition) is 3. The maximum absolute atomic E-state index is 7.95. The molecule has 0 spiro atoms. The molecule has 3 N–H and O–H groups in total. The number of aliphatic hydroxyl groups excluding tert-OH is 2. The van der Waals surface area contributed by atoms with Crippen LogP contribution in [0, 0.1) is 0 Å². The normalized spacial score (nSPS) is 10.0. The second-order valence-electron chi connectivity index (χ2n) is 0.993. The molecule has 0 fully saturated rings. The lowest BCUT2D eigenvalue weighted by Crippen LogP contribution is -2.05. The van der Waals surface area contributed by atoms with Gasteiger partial charge in [-0.1, -0.05) is 0 Å². The summed E-state index contributed by atoms with van der Waals surface area (Å²) in [6.07, 6.45) is -1.31. The Labute approximate surface area is 35.9 Å². The third kappa shape index (κ3) is 3.88. The summed E-state index contributed by atoms with van der Waals surface area (Å²) in [7, 11) is 0. The Bertz CT molecular complexity index is 27.2. The average molecular weight is 92.1 g/mol. The van der Waals surface area contributed by atoms with Gasteiger partial charge in [-0.25, -0.2) is 0 Å². The van der Waals surface area contributed by atoms with Gasteiger partial charge in [-0.2, -0.15) is 0 Å². The monoisotopic (exact) mass is 92.0 g/mol. The summed E-state index contributed by atoms with van der Waals surface area (Å²) in [5.74, 6) is 0. The van der Waals surface area contributed by atoms with E-state index in [1.807, 2.05) is 0 Å². The molecule has 0 aliphatic heterocycles. The highest BCUT2D eigenvalue weighted by molar-refractivity contribution is 4.30. The predicted octanol–water partition coefficient (Wildman–Crippen LogP) is -1.32. The highest BCUT2D eigenvalue weighted by Gasteiger charge is 1.90. The molecular formula is C3H8O3. The van der Waals surface area contributed by atoms with Crippen molar-refractivity contribution in [2.45, 2.75) is 12.7 Å². The Balaban J connectivity index is 2.63. The molecule has 38 valence electrons. The minimum atomic E-state index is -1.35. The highest BCUT2D eigenvalue weighted by Crippen LogP contribution is 1.79. The van der Waals surface area contributed by atoms with Crippen molar-refractivity contribution < 1.29 is 15.3 Å². The van der Waals surface area contributed by atoms with Crippen LogP contribution >= 0.6 is 0 Å². The van der Waals surface area contributed by atoms with Gasteiger partial charge in [0, 0.05) is 13.0 Å². The number of hydrogen-bond donors (Lipinski definition) is 3. The van der Waals surface area contributed by atoms with E-state index < -0.39 is 6.29 Å². The van der Waals surface area contributed by atoms with Crippen molar-refractivity contribution in [2.75, 3.05) is 6.61 Å². The molecule has 0 rings (SSSR count). The first-order chi connectivity index (χ1) is 2.77. The van der Waals surface area contributed by atoms with Crippen LogP contribution in [0.3, 0.4) is 0 Å². The van der Waals surface area contributed by atoms with E-state index in [2.05, 4.69) is 0 Å². The van der Waals surface area contributed by atoms with Crippen molar-refractivity contribution in [3.8, 4) is 0 Å². The smallest absolute Gasteiger partial charge is 0.153 e. The van der Waals surface area contributed by atoms with Gasteiger partial charge in [0.15, 0.2) is 6.29 Å². The first-order valence-electron chi connectivity index (χ1n) is 1.74. The molecule has 0 saturated carbocycles. The quantitative estimate of drug-likeness (QED) is 0.370. The average Bonchev–Trinajstić information content (AvgIpc) is 1.35. The summed E-state index contributed by atoms with van der Waals surface area (Å²) in [6, 6.07) is 0. The molecule has 0 atom stereocenters. The summed E-state index contributed by atoms with van der Waals surface area (Å²) in [6.45, 7) is -0.169. The zero-order valence-electron chi connectivity index (χ0n) is 3.33. The van der Waals surface area contributed by atoms with E-state index in [9.17, 15) is 0 Å². The van der Waals surface area contributed by atoms with Crippen molar-refractivity contribution >= 4 is 0 Å². The first kappa shape index (κ1) is 5.88. The van der Waals surface area contributed by atoms with Gasteiger partial charge >= 0.3 is 0 Å². The van der Waals surface area contributed by atoms with Crippen LogP contribution in [0.15, 0.2) is 0 Å². The molecule has 0 aromatic heterocycles. The fraction of sp³-hybridized carbons (Fsp3) is 1.00. The van der Waals surface area contributed by atoms with Crippen LogP contribution in [0.2, 0.25) is 0 Å². The lowest BCUT2D eigenvalue weighted by atomic mass is 10.5. The minimum absolute atomic E-state index is 0.0417. The van der Waals surface area contributed by atoms with Crippen LogP contribution in [0.25, 0.3) is 0 Å². The predicted molar refractivity (Wildman–Crippen MR) is 19.9 cm³/mol. The van der Waals surface area contributed by atoms with Gasteiger partial charge < -0.3 is 15.3 Å². The lowest BCUT2D eigenvalue weighted by molar-refractivity contribution is -0.0537. The van der Waals surface area contributed by atoms with E-state index >= 15 is 0 Å². The summed E-state index contributed by atoms with van der Waals surface area (Å²) >= 11 is 0. The molecule has 0 saturated heterocycles. The zero-order valence-corrected chi connectivity index (χ0v) is 3.33. The lowest BCUT2D eigenvalue weighted by Gasteiger charge is -1.94. The van der Waals surface area contributed by atoms with E-state index in [4.69, 9.17) is 15.3 Å². The van der Waals surface area contributed by atoms with Crippen LogP contribution in [0.1, 0.15) is 6.42 Å². The van der Waals surface area contributed by atoms with Gasteiger partial charge in [0.2, 0.25) is 0 Å². The molecule has 0 aromatic rings. The van der Waals surface area contributed by atoms with E-state index in [0.29, 0.717) is 0 Å². The second kappa shape index (κ2) is 3.08. The van der Waals surface area contributed by atoms with E-state index in [0.717, 1.165) is 0 Å². The van der Waals surface area contributed by atoms with Crippen molar-refractivity contribution in [1.82, 2.24) is 0 Å². The van der Waals surface area contributed by atoms with Crippen LogP contribution in [0.4, 0.5) is 0 Å².